The summed E-state index contributed by atoms with van der Waals surface area (Å²) in [6.45, 7) is 0. The van der Waals surface area contributed by atoms with Gasteiger partial charge < -0.3 is 0 Å². The fourth-order valence-electron chi connectivity index (χ4n) is 1.91. The summed E-state index contributed by atoms with van der Waals surface area (Å²) < 4.78 is 2.02. The first-order valence-electron chi connectivity index (χ1n) is 5.72. The van der Waals surface area contributed by atoms with Crippen LogP contribution in [-0.2, 0) is 0 Å². The molecule has 0 fully saturated rings. The molecule has 0 spiro atoms. The fourth-order valence-corrected chi connectivity index (χ4v) is 3.72. The zero-order chi connectivity index (χ0) is 12.4. The van der Waals surface area contributed by atoms with E-state index in [1.165, 1.54) is 10.0 Å². The molecule has 0 saturated heterocycles. The fraction of sp³-hybridized carbons (Fsp3) is 0. The molecule has 3 aromatic rings. The Morgan fingerprint density at radius 3 is 1.94 bits per heavy atom. The summed E-state index contributed by atoms with van der Waals surface area (Å²) in [4.78, 5) is 4.52. The molecule has 18 heavy (non-hydrogen) atoms. The predicted molar refractivity (Wildman–Crippen MR) is 76.5 cm³/mol. The van der Waals surface area contributed by atoms with Crippen LogP contribution in [-0.4, -0.2) is 19.5 Å². The number of aromatic nitrogens is 1. The summed E-state index contributed by atoms with van der Waals surface area (Å²) in [6, 6.07) is 20.6. The standard InChI is InChI=1S/C15H12N2Se/c16-15-17-13(11-7-3-1-4-8-11)14(18-15)12-9-5-2-6-10-12/h1-10H,(H2,16,17). The van der Waals surface area contributed by atoms with Crippen LogP contribution in [0.5, 0.6) is 0 Å². The molecule has 2 aromatic carbocycles. The van der Waals surface area contributed by atoms with Crippen molar-refractivity contribution >= 4 is 19.2 Å². The number of hydrogen-bond acceptors (Lipinski definition) is 2. The van der Waals surface area contributed by atoms with E-state index in [9.17, 15) is 0 Å². The molecule has 2 N–H and O–H groups in total. The Hall–Kier alpha value is -1.83. The van der Waals surface area contributed by atoms with E-state index in [4.69, 9.17) is 5.73 Å². The Labute approximate surface area is 112 Å². The zero-order valence-corrected chi connectivity index (χ0v) is 11.4. The van der Waals surface area contributed by atoms with E-state index < -0.39 is 0 Å². The number of nitrogens with two attached hydrogens (primary N) is 1. The van der Waals surface area contributed by atoms with Crippen LogP contribution in [0.15, 0.2) is 60.7 Å². The second kappa shape index (κ2) is 4.81. The van der Waals surface area contributed by atoms with Gasteiger partial charge >= 0.3 is 112 Å². The second-order valence-electron chi connectivity index (χ2n) is 3.96. The maximum absolute atomic E-state index is 5.93. The normalized spacial score (nSPS) is 10.4. The molecule has 0 saturated carbocycles. The molecule has 0 aliphatic rings. The van der Waals surface area contributed by atoms with Gasteiger partial charge in [-0.2, -0.15) is 0 Å². The molecule has 0 radical (unpaired) electrons. The number of benzene rings is 2. The molecule has 0 unspecified atom stereocenters. The summed E-state index contributed by atoms with van der Waals surface area (Å²) in [7, 11) is 0. The summed E-state index contributed by atoms with van der Waals surface area (Å²) in [5, 5.41) is 0. The van der Waals surface area contributed by atoms with E-state index in [1.807, 2.05) is 24.3 Å². The van der Waals surface area contributed by atoms with Crippen LogP contribution in [0.1, 0.15) is 0 Å². The monoisotopic (exact) mass is 300 g/mol. The van der Waals surface area contributed by atoms with Gasteiger partial charge in [0, 0.05) is 0 Å². The molecule has 1 aromatic heterocycles. The Balaban J connectivity index is 2.17. The summed E-state index contributed by atoms with van der Waals surface area (Å²) in [6.07, 6.45) is 0. The number of nitrogens with zero attached hydrogens (tertiary/aromatic N) is 1. The van der Waals surface area contributed by atoms with Crippen molar-refractivity contribution in [1.82, 2.24) is 4.98 Å². The molecule has 0 bridgehead atoms. The van der Waals surface area contributed by atoms with Crippen molar-refractivity contribution < 1.29 is 0 Å². The maximum atomic E-state index is 5.93. The number of nitrogen functional groups attached to an aromatic ring is 1. The molecular weight excluding hydrogens is 287 g/mol. The van der Waals surface area contributed by atoms with Crippen molar-refractivity contribution in [3.63, 3.8) is 0 Å². The average Bonchev–Trinajstić information content (AvgIpc) is 2.83. The molecular formula is C15H12N2Se. The van der Waals surface area contributed by atoms with Gasteiger partial charge in [0.2, 0.25) is 0 Å². The molecule has 1 heterocycles. The molecule has 3 heteroatoms. The van der Waals surface area contributed by atoms with Crippen LogP contribution in [0.25, 0.3) is 21.3 Å². The average molecular weight is 299 g/mol. The van der Waals surface area contributed by atoms with Gasteiger partial charge in [-0.05, 0) is 0 Å². The van der Waals surface area contributed by atoms with Gasteiger partial charge in [0.15, 0.2) is 0 Å². The Morgan fingerprint density at radius 2 is 1.33 bits per heavy atom. The van der Waals surface area contributed by atoms with Crippen LogP contribution in [0.3, 0.4) is 0 Å². The van der Waals surface area contributed by atoms with Gasteiger partial charge in [-0.3, -0.25) is 0 Å². The van der Waals surface area contributed by atoms with Crippen LogP contribution >= 0.6 is 0 Å². The van der Waals surface area contributed by atoms with E-state index in [0.717, 1.165) is 15.9 Å². The first-order valence-corrected chi connectivity index (χ1v) is 7.43. The van der Waals surface area contributed by atoms with Gasteiger partial charge in [-0.15, -0.1) is 0 Å². The molecule has 88 valence electrons. The summed E-state index contributed by atoms with van der Waals surface area (Å²) in [5.74, 6) is 0. The van der Waals surface area contributed by atoms with Crippen LogP contribution < -0.4 is 5.73 Å². The Bertz CT molecular complexity index is 588. The third kappa shape index (κ3) is 2.10. The van der Waals surface area contributed by atoms with Gasteiger partial charge in [-0.1, -0.05) is 0 Å². The molecule has 2 nitrogen and oxygen atoms in total. The van der Waals surface area contributed by atoms with E-state index in [-0.39, 0.29) is 14.5 Å². The van der Waals surface area contributed by atoms with E-state index >= 15 is 0 Å². The van der Waals surface area contributed by atoms with Crippen molar-refractivity contribution in [2.75, 3.05) is 5.73 Å². The predicted octanol–water partition coefficient (Wildman–Crippen LogP) is 3.05. The SMILES string of the molecule is Nc1nc(-c2ccccc2)c(-c2ccccc2)[se]1. The van der Waals surface area contributed by atoms with Gasteiger partial charge in [0.05, 0.1) is 0 Å². The topological polar surface area (TPSA) is 38.9 Å². The molecule has 3 rings (SSSR count). The minimum absolute atomic E-state index is 0.131. The van der Waals surface area contributed by atoms with E-state index in [1.54, 1.807) is 0 Å². The first-order chi connectivity index (χ1) is 8.84. The minimum atomic E-state index is 0.131. The number of rotatable bonds is 2. The third-order valence-electron chi connectivity index (χ3n) is 2.73. The molecule has 0 aliphatic carbocycles. The van der Waals surface area contributed by atoms with Gasteiger partial charge in [0.25, 0.3) is 0 Å². The zero-order valence-electron chi connectivity index (χ0n) is 9.71. The van der Waals surface area contributed by atoms with Crippen molar-refractivity contribution in [1.29, 1.82) is 0 Å². The summed E-state index contributed by atoms with van der Waals surface area (Å²) >= 11 is 0.131. The molecule has 0 amide bonds. The first kappa shape index (κ1) is 11.3. The Kier molecular flexibility index (Phi) is 3.01. The van der Waals surface area contributed by atoms with Crippen molar-refractivity contribution in [3.8, 4) is 21.3 Å². The van der Waals surface area contributed by atoms with E-state index in [2.05, 4.69) is 41.4 Å². The van der Waals surface area contributed by atoms with Crippen LogP contribution in [0.2, 0.25) is 0 Å². The molecule has 0 atom stereocenters. The summed E-state index contributed by atoms with van der Waals surface area (Å²) in [5.41, 5.74) is 9.31. The van der Waals surface area contributed by atoms with Gasteiger partial charge in [-0.25, -0.2) is 0 Å². The van der Waals surface area contributed by atoms with Crippen molar-refractivity contribution in [2.45, 2.75) is 0 Å². The number of anilines is 1. The van der Waals surface area contributed by atoms with Crippen LogP contribution in [0.4, 0.5) is 4.69 Å². The third-order valence-corrected chi connectivity index (χ3v) is 4.69. The Morgan fingerprint density at radius 1 is 0.778 bits per heavy atom. The number of hydrogen-bond donors (Lipinski definition) is 1. The molecule has 0 aliphatic heterocycles. The quantitative estimate of drug-likeness (QED) is 0.739. The van der Waals surface area contributed by atoms with E-state index in [0.29, 0.717) is 0 Å². The van der Waals surface area contributed by atoms with Gasteiger partial charge in [0.1, 0.15) is 0 Å². The van der Waals surface area contributed by atoms with Crippen molar-refractivity contribution in [3.05, 3.63) is 60.7 Å². The van der Waals surface area contributed by atoms with Crippen LogP contribution in [0, 0.1) is 0 Å². The second-order valence-corrected chi connectivity index (χ2v) is 6.12. The van der Waals surface area contributed by atoms with Crippen molar-refractivity contribution in [2.24, 2.45) is 0 Å².